The van der Waals surface area contributed by atoms with Crippen LogP contribution >= 0.6 is 0 Å². The normalized spacial score (nSPS) is 12.0. The Balaban J connectivity index is 1.14. The first kappa shape index (κ1) is 32.7. The van der Waals surface area contributed by atoms with E-state index in [1.165, 1.54) is 0 Å². The zero-order valence-electron chi connectivity index (χ0n) is 31.8. The molecule has 0 aliphatic heterocycles. The van der Waals surface area contributed by atoms with Gasteiger partial charge in [-0.15, -0.1) is 0 Å². The summed E-state index contributed by atoms with van der Waals surface area (Å²) in [5.74, 6) is 2.18. The zero-order valence-corrected chi connectivity index (χ0v) is 31.8. The van der Waals surface area contributed by atoms with Crippen molar-refractivity contribution in [1.82, 2.24) is 29.1 Å². The summed E-state index contributed by atoms with van der Waals surface area (Å²) < 4.78 is 17.3. The number of hydrogen-bond acceptors (Lipinski definition) is 6. The Hall–Kier alpha value is -8.36. The van der Waals surface area contributed by atoms with Gasteiger partial charge in [0.25, 0.3) is 0 Å². The van der Waals surface area contributed by atoms with Gasteiger partial charge in [-0.05, 0) is 54.6 Å². The molecular weight excluding hydrogens is 741 g/mol. The molecule has 8 heteroatoms. The van der Waals surface area contributed by atoms with Gasteiger partial charge in [0, 0.05) is 43.4 Å². The van der Waals surface area contributed by atoms with Crippen LogP contribution in [0.3, 0.4) is 0 Å². The number of furan rings is 1. The average Bonchev–Trinajstić information content (AvgIpc) is 4.08. The van der Waals surface area contributed by atoms with Gasteiger partial charge in [-0.1, -0.05) is 127 Å². The van der Waals surface area contributed by atoms with E-state index in [9.17, 15) is 0 Å². The molecule has 0 aliphatic carbocycles. The lowest BCUT2D eigenvalue weighted by atomic mass is 10.1. The van der Waals surface area contributed by atoms with Gasteiger partial charge in [0.2, 0.25) is 11.8 Å². The highest BCUT2D eigenvalue weighted by Crippen LogP contribution is 2.43. The van der Waals surface area contributed by atoms with Crippen LogP contribution in [0.5, 0.6) is 0 Å². The van der Waals surface area contributed by atoms with E-state index >= 15 is 0 Å². The van der Waals surface area contributed by atoms with Crippen LogP contribution in [0.15, 0.2) is 191 Å². The number of nitrogens with zero attached hydrogens (tertiary/aromatic N) is 6. The molecule has 0 saturated carbocycles. The minimum Gasteiger partial charge on any atom is -0.456 e. The first-order valence-corrected chi connectivity index (χ1v) is 19.9. The van der Waals surface area contributed by atoms with Crippen molar-refractivity contribution in [3.8, 4) is 45.9 Å². The fraction of sp³-hybridized carbons (Fsp3) is 0. The van der Waals surface area contributed by atoms with Crippen LogP contribution in [-0.4, -0.2) is 29.1 Å². The number of hydrogen-bond donors (Lipinski definition) is 0. The van der Waals surface area contributed by atoms with Gasteiger partial charge in [-0.25, -0.2) is 9.97 Å². The molecule has 0 radical (unpaired) electrons. The van der Waals surface area contributed by atoms with E-state index in [0.717, 1.165) is 99.0 Å². The number of fused-ring (bicyclic) bond motifs is 11. The second-order valence-corrected chi connectivity index (χ2v) is 15.0. The van der Waals surface area contributed by atoms with E-state index in [-0.39, 0.29) is 0 Å². The van der Waals surface area contributed by atoms with Crippen molar-refractivity contribution in [2.45, 2.75) is 0 Å². The van der Waals surface area contributed by atoms with Gasteiger partial charge in [0.1, 0.15) is 16.7 Å². The van der Waals surface area contributed by atoms with Crippen molar-refractivity contribution in [2.24, 2.45) is 0 Å². The van der Waals surface area contributed by atoms with Crippen LogP contribution in [-0.2, 0) is 0 Å². The molecule has 13 aromatic rings. The molecule has 0 unspecified atom stereocenters. The smallest absolute Gasteiger partial charge is 0.238 e. The number of para-hydroxylation sites is 6. The van der Waals surface area contributed by atoms with Crippen LogP contribution in [0, 0.1) is 0 Å². The first-order valence-electron chi connectivity index (χ1n) is 19.9. The van der Waals surface area contributed by atoms with Gasteiger partial charge in [0.05, 0.1) is 33.3 Å². The van der Waals surface area contributed by atoms with E-state index in [0.29, 0.717) is 23.5 Å². The van der Waals surface area contributed by atoms with Gasteiger partial charge in [-0.3, -0.25) is 4.57 Å². The summed E-state index contributed by atoms with van der Waals surface area (Å²) in [5, 5.41) is 6.51. The van der Waals surface area contributed by atoms with Crippen molar-refractivity contribution in [1.29, 1.82) is 0 Å². The molecule has 0 fully saturated rings. The third-order valence-corrected chi connectivity index (χ3v) is 11.6. The highest BCUT2D eigenvalue weighted by molar-refractivity contribution is 6.24. The van der Waals surface area contributed by atoms with Crippen molar-refractivity contribution < 1.29 is 8.83 Å². The molecule has 0 bridgehead atoms. The fourth-order valence-corrected chi connectivity index (χ4v) is 8.97. The monoisotopic (exact) mass is 770 g/mol. The van der Waals surface area contributed by atoms with E-state index in [4.69, 9.17) is 28.8 Å². The third-order valence-electron chi connectivity index (χ3n) is 11.6. The summed E-state index contributed by atoms with van der Waals surface area (Å²) in [7, 11) is 0. The molecule has 8 nitrogen and oxygen atoms in total. The second kappa shape index (κ2) is 12.6. The zero-order chi connectivity index (χ0) is 39.3. The van der Waals surface area contributed by atoms with Crippen LogP contribution in [0.4, 0.5) is 0 Å². The van der Waals surface area contributed by atoms with Gasteiger partial charge < -0.3 is 13.4 Å². The van der Waals surface area contributed by atoms with Crippen molar-refractivity contribution in [3.63, 3.8) is 0 Å². The quantitative estimate of drug-likeness (QED) is 0.173. The summed E-state index contributed by atoms with van der Waals surface area (Å²) in [6.07, 6.45) is 0. The summed E-state index contributed by atoms with van der Waals surface area (Å²) in [6.45, 7) is 0. The predicted molar refractivity (Wildman–Crippen MR) is 240 cm³/mol. The number of benzene rings is 8. The Bertz CT molecular complexity index is 3820. The van der Waals surface area contributed by atoms with Gasteiger partial charge >= 0.3 is 0 Å². The predicted octanol–water partition coefficient (Wildman–Crippen LogP) is 13.1. The maximum Gasteiger partial charge on any atom is 0.238 e. The molecule has 0 spiro atoms. The maximum atomic E-state index is 6.44. The second-order valence-electron chi connectivity index (χ2n) is 15.0. The Morgan fingerprint density at radius 2 is 0.950 bits per heavy atom. The first-order chi connectivity index (χ1) is 29.7. The molecule has 0 aliphatic rings. The van der Waals surface area contributed by atoms with E-state index < -0.39 is 0 Å². The molecule has 5 aromatic heterocycles. The Labute approximate surface area is 341 Å². The molecule has 13 rings (SSSR count). The van der Waals surface area contributed by atoms with Crippen molar-refractivity contribution in [2.75, 3.05) is 0 Å². The van der Waals surface area contributed by atoms with Crippen LogP contribution in [0.25, 0.3) is 123 Å². The van der Waals surface area contributed by atoms with E-state index in [1.807, 2.05) is 84.9 Å². The number of aromatic nitrogens is 6. The third kappa shape index (κ3) is 4.79. The SMILES string of the molecule is c1ccc(-c2nc(-c3ccc4c(c3)oc3ccccc34)nc(-n3c4ccccc4c4ccc5c6ccccc6n(-c6ccccc6-c6nc7ccccc7o6)c5c43)n2)cc1. The Morgan fingerprint density at radius 1 is 0.367 bits per heavy atom. The van der Waals surface area contributed by atoms with Gasteiger partial charge in [-0.2, -0.15) is 9.97 Å². The van der Waals surface area contributed by atoms with Crippen molar-refractivity contribution in [3.05, 3.63) is 182 Å². The lowest BCUT2D eigenvalue weighted by Gasteiger charge is -2.14. The largest absolute Gasteiger partial charge is 0.456 e. The molecule has 0 amide bonds. The number of rotatable bonds is 5. The fourth-order valence-electron chi connectivity index (χ4n) is 8.97. The van der Waals surface area contributed by atoms with Crippen LogP contribution < -0.4 is 0 Å². The number of oxazole rings is 1. The molecule has 0 N–H and O–H groups in total. The standard InChI is InChI=1S/C52H30N6O2/c1-2-14-31(15-3-1)49-54-50(32-26-27-36-35-18-7-12-24-44(35)59-46(36)30-32)56-52(55-49)58-42-22-10-5-17-34(42)38-29-28-37-33-16-4-9-21-41(33)57(47(37)48(38)58)43-23-11-6-19-39(43)51-53-40-20-8-13-25-45(40)60-51/h1-30H. The molecular formula is C52H30N6O2. The van der Waals surface area contributed by atoms with E-state index in [1.54, 1.807) is 0 Å². The van der Waals surface area contributed by atoms with Gasteiger partial charge in [0.15, 0.2) is 17.2 Å². The van der Waals surface area contributed by atoms with E-state index in [2.05, 4.69) is 106 Å². The molecule has 5 heterocycles. The summed E-state index contributed by atoms with van der Waals surface area (Å²) in [5.41, 5.74) is 10.7. The summed E-state index contributed by atoms with van der Waals surface area (Å²) in [6, 6.07) is 62.2. The minimum atomic E-state index is 0.506. The molecule has 60 heavy (non-hydrogen) atoms. The van der Waals surface area contributed by atoms with Crippen LogP contribution in [0.1, 0.15) is 0 Å². The maximum absolute atomic E-state index is 6.44. The highest BCUT2D eigenvalue weighted by atomic mass is 16.3. The molecule has 0 saturated heterocycles. The molecule has 8 aromatic carbocycles. The summed E-state index contributed by atoms with van der Waals surface area (Å²) >= 11 is 0. The lowest BCUT2D eigenvalue weighted by Crippen LogP contribution is -2.07. The Morgan fingerprint density at radius 3 is 1.73 bits per heavy atom. The highest BCUT2D eigenvalue weighted by Gasteiger charge is 2.25. The van der Waals surface area contributed by atoms with Crippen LogP contribution in [0.2, 0.25) is 0 Å². The minimum absolute atomic E-state index is 0.506. The van der Waals surface area contributed by atoms with Crippen molar-refractivity contribution >= 4 is 76.6 Å². The Kier molecular flexibility index (Phi) is 6.85. The summed E-state index contributed by atoms with van der Waals surface area (Å²) in [4.78, 5) is 20.7. The molecule has 280 valence electrons. The average molecular weight is 771 g/mol. The topological polar surface area (TPSA) is 87.7 Å². The molecule has 0 atom stereocenters. The lowest BCUT2D eigenvalue weighted by molar-refractivity contribution is 0.619.